The Morgan fingerprint density at radius 3 is 2.92 bits per heavy atom. The first-order chi connectivity index (χ1) is 5.77. The van der Waals surface area contributed by atoms with E-state index in [1.54, 1.807) is 6.92 Å². The zero-order chi connectivity index (χ0) is 8.97. The van der Waals surface area contributed by atoms with E-state index in [1.165, 1.54) is 11.3 Å². The van der Waals surface area contributed by atoms with Gasteiger partial charge in [-0.1, -0.05) is 6.92 Å². The van der Waals surface area contributed by atoms with E-state index in [0.29, 0.717) is 11.6 Å². The third-order valence-corrected chi connectivity index (χ3v) is 2.24. The second kappa shape index (κ2) is 4.21. The van der Waals surface area contributed by atoms with Gasteiger partial charge in [-0.05, 0) is 13.3 Å². The molecule has 0 aromatic carbocycles. The molecule has 0 unspecified atom stereocenters. The third kappa shape index (κ3) is 2.04. The van der Waals surface area contributed by atoms with E-state index < -0.39 is 0 Å². The van der Waals surface area contributed by atoms with Crippen molar-refractivity contribution in [2.75, 3.05) is 6.61 Å². The lowest BCUT2D eigenvalue weighted by molar-refractivity contribution is 0.0525. The van der Waals surface area contributed by atoms with Gasteiger partial charge in [-0.25, -0.2) is 9.78 Å². The molecule has 1 heterocycles. The highest BCUT2D eigenvalue weighted by Gasteiger charge is 2.10. The minimum atomic E-state index is -0.317. The number of carbonyl (C=O) groups is 1. The number of thiazole rings is 1. The van der Waals surface area contributed by atoms with E-state index >= 15 is 0 Å². The summed E-state index contributed by atoms with van der Waals surface area (Å²) in [6.07, 6.45) is 0.857. The molecule has 3 nitrogen and oxygen atoms in total. The molecule has 0 aliphatic carbocycles. The summed E-state index contributed by atoms with van der Waals surface area (Å²) in [6.45, 7) is 4.19. The van der Waals surface area contributed by atoms with Gasteiger partial charge >= 0.3 is 5.97 Å². The van der Waals surface area contributed by atoms with E-state index in [2.05, 4.69) is 4.98 Å². The van der Waals surface area contributed by atoms with Crippen molar-refractivity contribution >= 4 is 17.3 Å². The zero-order valence-electron chi connectivity index (χ0n) is 7.16. The summed E-state index contributed by atoms with van der Waals surface area (Å²) in [5, 5.41) is 2.33. The van der Waals surface area contributed by atoms with Crippen molar-refractivity contribution in [2.24, 2.45) is 0 Å². The molecule has 12 heavy (non-hydrogen) atoms. The maximum Gasteiger partial charge on any atom is 0.367 e. The van der Waals surface area contributed by atoms with Crippen molar-refractivity contribution in [3.63, 3.8) is 0 Å². The molecule has 0 amide bonds. The largest absolute Gasteiger partial charge is 0.461 e. The minimum absolute atomic E-state index is 0.317. The first kappa shape index (κ1) is 9.19. The summed E-state index contributed by atoms with van der Waals surface area (Å²) < 4.78 is 4.79. The summed E-state index contributed by atoms with van der Waals surface area (Å²) in [6, 6.07) is 0. The normalized spacial score (nSPS) is 9.83. The number of aromatic nitrogens is 1. The summed E-state index contributed by atoms with van der Waals surface area (Å²) >= 11 is 1.34. The predicted molar refractivity (Wildman–Crippen MR) is 47.4 cm³/mol. The molecule has 1 rings (SSSR count). The summed E-state index contributed by atoms with van der Waals surface area (Å²) in [5.41, 5.74) is 0.947. The fourth-order valence-corrected chi connectivity index (χ4v) is 1.55. The highest BCUT2D eigenvalue weighted by Crippen LogP contribution is 2.11. The number of hydrogen-bond acceptors (Lipinski definition) is 4. The van der Waals surface area contributed by atoms with Crippen LogP contribution in [0.3, 0.4) is 0 Å². The van der Waals surface area contributed by atoms with Crippen LogP contribution in [0, 0.1) is 0 Å². The lowest BCUT2D eigenvalue weighted by Crippen LogP contribution is -2.03. The quantitative estimate of drug-likeness (QED) is 0.675. The lowest BCUT2D eigenvalue weighted by atomic mass is 10.4. The number of nitrogens with zero attached hydrogens (tertiary/aromatic N) is 1. The molecule has 0 radical (unpaired) electrons. The second-order valence-electron chi connectivity index (χ2n) is 2.22. The molecular formula is C8H11NO2S. The molecule has 4 heteroatoms. The second-order valence-corrected chi connectivity index (χ2v) is 3.08. The van der Waals surface area contributed by atoms with Crippen LogP contribution in [0.5, 0.6) is 0 Å². The Morgan fingerprint density at radius 1 is 1.67 bits per heavy atom. The maximum absolute atomic E-state index is 11.1. The van der Waals surface area contributed by atoms with E-state index in [1.807, 2.05) is 12.3 Å². The zero-order valence-corrected chi connectivity index (χ0v) is 7.98. The molecule has 1 aromatic rings. The van der Waals surface area contributed by atoms with Crippen LogP contribution in [0.15, 0.2) is 5.38 Å². The molecule has 0 fully saturated rings. The van der Waals surface area contributed by atoms with Gasteiger partial charge in [0.15, 0.2) is 0 Å². The standard InChI is InChI=1S/C8H11NO2S/c1-3-6-5-12-7(9-6)8(10)11-4-2/h5H,3-4H2,1-2H3. The number of aryl methyl sites for hydroxylation is 1. The molecule has 0 saturated heterocycles. The Balaban J connectivity index is 2.68. The molecule has 0 spiro atoms. The van der Waals surface area contributed by atoms with Gasteiger partial charge in [-0.3, -0.25) is 0 Å². The minimum Gasteiger partial charge on any atom is -0.461 e. The Bertz CT molecular complexity index is 270. The fraction of sp³-hybridized carbons (Fsp3) is 0.500. The summed E-state index contributed by atoms with van der Waals surface area (Å²) in [5.74, 6) is -0.317. The Morgan fingerprint density at radius 2 is 2.42 bits per heavy atom. The van der Waals surface area contributed by atoms with Gasteiger partial charge < -0.3 is 4.74 Å². The van der Waals surface area contributed by atoms with E-state index in [9.17, 15) is 4.79 Å². The van der Waals surface area contributed by atoms with Crippen LogP contribution in [0.1, 0.15) is 29.3 Å². The van der Waals surface area contributed by atoms with Crippen molar-refractivity contribution in [3.8, 4) is 0 Å². The van der Waals surface area contributed by atoms with Crippen LogP contribution in [0.25, 0.3) is 0 Å². The molecule has 0 N–H and O–H groups in total. The Labute approximate surface area is 75.4 Å². The fourth-order valence-electron chi connectivity index (χ4n) is 0.756. The van der Waals surface area contributed by atoms with Gasteiger partial charge in [0.1, 0.15) is 0 Å². The van der Waals surface area contributed by atoms with E-state index in [4.69, 9.17) is 4.74 Å². The average Bonchev–Trinajstić information content (AvgIpc) is 2.52. The molecule has 0 aliphatic rings. The molecule has 0 bridgehead atoms. The smallest absolute Gasteiger partial charge is 0.367 e. The van der Waals surface area contributed by atoms with Crippen LogP contribution < -0.4 is 0 Å². The molecule has 1 aromatic heterocycles. The van der Waals surface area contributed by atoms with Crippen LogP contribution in [-0.2, 0) is 11.2 Å². The highest BCUT2D eigenvalue weighted by molar-refractivity contribution is 7.11. The van der Waals surface area contributed by atoms with Gasteiger partial charge in [0.05, 0.1) is 12.3 Å². The average molecular weight is 185 g/mol. The van der Waals surface area contributed by atoms with Gasteiger partial charge in [-0.15, -0.1) is 11.3 Å². The van der Waals surface area contributed by atoms with Crippen molar-refractivity contribution < 1.29 is 9.53 Å². The first-order valence-corrected chi connectivity index (χ1v) is 4.77. The molecule has 0 aliphatic heterocycles. The molecule has 0 saturated carbocycles. The predicted octanol–water partition coefficient (Wildman–Crippen LogP) is 1.88. The number of ether oxygens (including phenoxy) is 1. The van der Waals surface area contributed by atoms with Crippen molar-refractivity contribution in [1.82, 2.24) is 4.98 Å². The molecular weight excluding hydrogens is 174 g/mol. The first-order valence-electron chi connectivity index (χ1n) is 3.89. The van der Waals surface area contributed by atoms with E-state index in [0.717, 1.165) is 12.1 Å². The van der Waals surface area contributed by atoms with Crippen molar-refractivity contribution in [2.45, 2.75) is 20.3 Å². The Kier molecular flexibility index (Phi) is 3.22. The number of esters is 1. The van der Waals surface area contributed by atoms with E-state index in [-0.39, 0.29) is 5.97 Å². The summed E-state index contributed by atoms with van der Waals surface area (Å²) in [7, 11) is 0. The van der Waals surface area contributed by atoms with Crippen molar-refractivity contribution in [3.05, 3.63) is 16.1 Å². The highest BCUT2D eigenvalue weighted by atomic mass is 32.1. The number of hydrogen-bond donors (Lipinski definition) is 0. The third-order valence-electron chi connectivity index (χ3n) is 1.36. The topological polar surface area (TPSA) is 39.2 Å². The van der Waals surface area contributed by atoms with Crippen LogP contribution >= 0.6 is 11.3 Å². The molecule has 0 atom stereocenters. The number of rotatable bonds is 3. The van der Waals surface area contributed by atoms with Gasteiger partial charge in [0, 0.05) is 5.38 Å². The lowest BCUT2D eigenvalue weighted by Gasteiger charge is -1.95. The van der Waals surface area contributed by atoms with Gasteiger partial charge in [0.25, 0.3) is 0 Å². The van der Waals surface area contributed by atoms with Crippen LogP contribution in [0.4, 0.5) is 0 Å². The Hall–Kier alpha value is -0.900. The van der Waals surface area contributed by atoms with Gasteiger partial charge in [0.2, 0.25) is 5.01 Å². The van der Waals surface area contributed by atoms with Crippen LogP contribution in [0.2, 0.25) is 0 Å². The maximum atomic E-state index is 11.1. The summed E-state index contributed by atoms with van der Waals surface area (Å²) in [4.78, 5) is 15.2. The monoisotopic (exact) mass is 185 g/mol. The van der Waals surface area contributed by atoms with Crippen molar-refractivity contribution in [1.29, 1.82) is 0 Å². The SMILES string of the molecule is CCOC(=O)c1nc(CC)cs1. The van der Waals surface area contributed by atoms with Gasteiger partial charge in [-0.2, -0.15) is 0 Å². The van der Waals surface area contributed by atoms with Crippen LogP contribution in [-0.4, -0.2) is 17.6 Å². The number of carbonyl (C=O) groups excluding carboxylic acids is 1. The molecule has 66 valence electrons.